The summed E-state index contributed by atoms with van der Waals surface area (Å²) in [6, 6.07) is 27.5. The third-order valence-corrected chi connectivity index (χ3v) is 7.77. The number of aromatic hydroxyl groups is 1. The van der Waals surface area contributed by atoms with Gasteiger partial charge < -0.3 is 14.9 Å². The number of carbonyl (C=O) groups is 1. The van der Waals surface area contributed by atoms with E-state index in [1.54, 1.807) is 18.2 Å². The SMILES string of the molecule is CC1(C)CCC(C)(C)c2cc(-c3cc(-c4ccc(OC(=O)O)cc4)ccc3-c3ccccc3O)ccc21. The number of phenols is 1. The van der Waals surface area contributed by atoms with Crippen LogP contribution in [0.15, 0.2) is 84.9 Å². The number of fused-ring (bicyclic) bond motifs is 1. The van der Waals surface area contributed by atoms with Crippen molar-refractivity contribution in [1.29, 1.82) is 0 Å². The van der Waals surface area contributed by atoms with Crippen LogP contribution in [0.2, 0.25) is 0 Å². The minimum Gasteiger partial charge on any atom is -0.507 e. The van der Waals surface area contributed by atoms with E-state index in [4.69, 9.17) is 9.84 Å². The molecule has 1 aliphatic rings. The van der Waals surface area contributed by atoms with Crippen LogP contribution in [0.3, 0.4) is 0 Å². The lowest BCUT2D eigenvalue weighted by atomic mass is 9.63. The van der Waals surface area contributed by atoms with Gasteiger partial charge in [-0.05, 0) is 86.9 Å². The van der Waals surface area contributed by atoms with Crippen molar-refractivity contribution >= 4 is 6.16 Å². The smallest absolute Gasteiger partial charge is 0.507 e. The molecule has 0 bridgehead atoms. The van der Waals surface area contributed by atoms with E-state index in [9.17, 15) is 9.90 Å². The first-order valence-electron chi connectivity index (χ1n) is 12.6. The van der Waals surface area contributed by atoms with Gasteiger partial charge in [-0.15, -0.1) is 0 Å². The number of hydrogen-bond donors (Lipinski definition) is 2. The van der Waals surface area contributed by atoms with Gasteiger partial charge in [0.2, 0.25) is 0 Å². The van der Waals surface area contributed by atoms with Crippen molar-refractivity contribution in [3.05, 3.63) is 96.1 Å². The third-order valence-electron chi connectivity index (χ3n) is 7.77. The number of phenolic OH excluding ortho intramolecular Hbond substituents is 1. The Kier molecular flexibility index (Phi) is 6.07. The number of benzene rings is 4. The summed E-state index contributed by atoms with van der Waals surface area (Å²) in [6.45, 7) is 9.30. The van der Waals surface area contributed by atoms with Crippen LogP contribution in [-0.2, 0) is 10.8 Å². The molecule has 0 amide bonds. The lowest BCUT2D eigenvalue weighted by Crippen LogP contribution is -2.33. The van der Waals surface area contributed by atoms with E-state index in [-0.39, 0.29) is 22.3 Å². The maximum Gasteiger partial charge on any atom is 0.511 e. The van der Waals surface area contributed by atoms with Gasteiger partial charge in [-0.3, -0.25) is 0 Å². The molecule has 0 fully saturated rings. The number of rotatable bonds is 4. The van der Waals surface area contributed by atoms with Crippen molar-refractivity contribution in [2.75, 3.05) is 0 Å². The van der Waals surface area contributed by atoms with Crippen molar-refractivity contribution in [2.24, 2.45) is 0 Å². The Bertz CT molecular complexity index is 1480. The first-order chi connectivity index (χ1) is 17.5. The van der Waals surface area contributed by atoms with Gasteiger partial charge >= 0.3 is 6.16 Å². The van der Waals surface area contributed by atoms with Gasteiger partial charge in [0.05, 0.1) is 0 Å². The Balaban J connectivity index is 1.68. The van der Waals surface area contributed by atoms with E-state index in [0.29, 0.717) is 0 Å². The van der Waals surface area contributed by atoms with E-state index in [1.165, 1.54) is 11.1 Å². The first kappa shape index (κ1) is 24.6. The Morgan fingerprint density at radius 3 is 1.97 bits per heavy atom. The third kappa shape index (κ3) is 4.72. The molecule has 0 aromatic heterocycles. The van der Waals surface area contributed by atoms with E-state index in [0.717, 1.165) is 46.2 Å². The molecule has 188 valence electrons. The predicted molar refractivity (Wildman–Crippen MR) is 148 cm³/mol. The maximum absolute atomic E-state index is 10.9. The van der Waals surface area contributed by atoms with Crippen LogP contribution < -0.4 is 4.74 Å². The fourth-order valence-corrected chi connectivity index (χ4v) is 5.47. The second-order valence-electron chi connectivity index (χ2n) is 11.2. The second-order valence-corrected chi connectivity index (χ2v) is 11.2. The van der Waals surface area contributed by atoms with Gasteiger partial charge in [-0.2, -0.15) is 0 Å². The number of hydrogen-bond acceptors (Lipinski definition) is 3. The zero-order chi connectivity index (χ0) is 26.4. The molecule has 0 saturated heterocycles. The van der Waals surface area contributed by atoms with Gasteiger partial charge in [0.1, 0.15) is 11.5 Å². The molecule has 0 unspecified atom stereocenters. The Morgan fingerprint density at radius 1 is 0.676 bits per heavy atom. The van der Waals surface area contributed by atoms with Crippen molar-refractivity contribution < 1.29 is 19.7 Å². The standard InChI is InChI=1S/C33H32O4/c1-32(2)17-18-33(3,4)29-20-23(12-16-28(29)32)27-19-22(21-9-13-24(14-10-21)37-31(35)36)11-15-25(27)26-7-5-6-8-30(26)34/h5-16,19-20,34H,17-18H2,1-4H3,(H,35,36). The number of para-hydroxylation sites is 1. The molecule has 0 spiro atoms. The molecule has 4 aromatic carbocycles. The van der Waals surface area contributed by atoms with Crippen molar-refractivity contribution in [3.63, 3.8) is 0 Å². The van der Waals surface area contributed by atoms with E-state index in [1.807, 2.05) is 36.4 Å². The zero-order valence-electron chi connectivity index (χ0n) is 21.7. The van der Waals surface area contributed by atoms with Crippen LogP contribution >= 0.6 is 0 Å². The van der Waals surface area contributed by atoms with Crippen molar-refractivity contribution in [2.45, 2.75) is 51.4 Å². The number of ether oxygens (including phenoxy) is 1. The normalized spacial score (nSPS) is 15.6. The van der Waals surface area contributed by atoms with Crippen LogP contribution in [0, 0.1) is 0 Å². The van der Waals surface area contributed by atoms with Gasteiger partial charge in [-0.25, -0.2) is 4.79 Å². The fraction of sp³-hybridized carbons (Fsp3) is 0.242. The zero-order valence-corrected chi connectivity index (χ0v) is 21.7. The summed E-state index contributed by atoms with van der Waals surface area (Å²) in [4.78, 5) is 10.9. The number of carboxylic acid groups (broad SMARTS) is 1. The summed E-state index contributed by atoms with van der Waals surface area (Å²) in [5.41, 5.74) is 8.82. The van der Waals surface area contributed by atoms with E-state index < -0.39 is 6.16 Å². The summed E-state index contributed by atoms with van der Waals surface area (Å²) in [5.74, 6) is 0.521. The van der Waals surface area contributed by atoms with Gasteiger partial charge in [0, 0.05) is 5.56 Å². The lowest BCUT2D eigenvalue weighted by Gasteiger charge is -2.42. The first-order valence-corrected chi connectivity index (χ1v) is 12.6. The summed E-state index contributed by atoms with van der Waals surface area (Å²) in [7, 11) is 0. The molecule has 4 aromatic rings. The molecule has 4 heteroatoms. The van der Waals surface area contributed by atoms with Crippen LogP contribution in [0.5, 0.6) is 11.5 Å². The molecular formula is C33H32O4. The quantitative estimate of drug-likeness (QED) is 0.221. The van der Waals surface area contributed by atoms with Crippen LogP contribution in [0.25, 0.3) is 33.4 Å². The van der Waals surface area contributed by atoms with Crippen LogP contribution in [-0.4, -0.2) is 16.4 Å². The molecule has 0 aliphatic heterocycles. The molecule has 37 heavy (non-hydrogen) atoms. The highest BCUT2D eigenvalue weighted by Crippen LogP contribution is 2.48. The van der Waals surface area contributed by atoms with Gasteiger partial charge in [-0.1, -0.05) is 88.4 Å². The van der Waals surface area contributed by atoms with Crippen LogP contribution in [0.4, 0.5) is 4.79 Å². The fourth-order valence-electron chi connectivity index (χ4n) is 5.47. The average Bonchev–Trinajstić information content (AvgIpc) is 2.87. The summed E-state index contributed by atoms with van der Waals surface area (Å²) in [5, 5.41) is 19.6. The Morgan fingerprint density at radius 2 is 1.30 bits per heavy atom. The monoisotopic (exact) mass is 492 g/mol. The van der Waals surface area contributed by atoms with Gasteiger partial charge in [0.25, 0.3) is 0 Å². The second kappa shape index (κ2) is 9.11. The maximum atomic E-state index is 10.9. The molecule has 2 N–H and O–H groups in total. The molecule has 0 heterocycles. The summed E-state index contributed by atoms with van der Waals surface area (Å²) >= 11 is 0. The Labute approximate surface area is 218 Å². The summed E-state index contributed by atoms with van der Waals surface area (Å²) < 4.78 is 4.77. The predicted octanol–water partition coefficient (Wildman–Crippen LogP) is 8.80. The van der Waals surface area contributed by atoms with Crippen LogP contribution in [0.1, 0.15) is 51.7 Å². The van der Waals surface area contributed by atoms with Crippen molar-refractivity contribution in [1.82, 2.24) is 0 Å². The van der Waals surface area contributed by atoms with E-state index in [2.05, 4.69) is 58.0 Å². The average molecular weight is 493 g/mol. The highest BCUT2D eigenvalue weighted by Gasteiger charge is 2.37. The minimum absolute atomic E-state index is 0.0769. The molecule has 0 radical (unpaired) electrons. The molecule has 4 nitrogen and oxygen atoms in total. The topological polar surface area (TPSA) is 66.8 Å². The molecule has 1 aliphatic carbocycles. The van der Waals surface area contributed by atoms with E-state index >= 15 is 0 Å². The Hall–Kier alpha value is -4.05. The van der Waals surface area contributed by atoms with Crippen molar-refractivity contribution in [3.8, 4) is 44.9 Å². The molecule has 0 atom stereocenters. The molecule has 0 saturated carbocycles. The highest BCUT2D eigenvalue weighted by molar-refractivity contribution is 5.89. The van der Waals surface area contributed by atoms with Gasteiger partial charge in [0.15, 0.2) is 0 Å². The lowest BCUT2D eigenvalue weighted by molar-refractivity contribution is 0.144. The highest BCUT2D eigenvalue weighted by atomic mass is 16.7. The largest absolute Gasteiger partial charge is 0.511 e. The minimum atomic E-state index is -1.33. The molecule has 5 rings (SSSR count). The summed E-state index contributed by atoms with van der Waals surface area (Å²) in [6.07, 6.45) is 0.959. The molecular weight excluding hydrogens is 460 g/mol.